The number of hydrogen-bond acceptors (Lipinski definition) is 6. The normalized spacial score (nSPS) is 10.7. The zero-order chi connectivity index (χ0) is 16.2. The predicted molar refractivity (Wildman–Crippen MR) is 81.7 cm³/mol. The lowest BCUT2D eigenvalue weighted by Gasteiger charge is -2.02. The second-order valence-corrected chi connectivity index (χ2v) is 5.00. The Bertz CT molecular complexity index is 805. The van der Waals surface area contributed by atoms with Gasteiger partial charge in [0.1, 0.15) is 29.9 Å². The first-order valence-corrected chi connectivity index (χ1v) is 7.31. The van der Waals surface area contributed by atoms with E-state index in [-0.39, 0.29) is 6.61 Å². The summed E-state index contributed by atoms with van der Waals surface area (Å²) in [5, 5.41) is 3.84. The monoisotopic (exact) mass is 312 g/mol. The lowest BCUT2D eigenvalue weighted by molar-refractivity contribution is 0.0464. The van der Waals surface area contributed by atoms with Gasteiger partial charge in [-0.05, 0) is 25.5 Å². The van der Waals surface area contributed by atoms with Gasteiger partial charge in [0.2, 0.25) is 5.89 Å². The van der Waals surface area contributed by atoms with Gasteiger partial charge in [-0.25, -0.2) is 9.78 Å². The van der Waals surface area contributed by atoms with Crippen LogP contribution in [0.15, 0.2) is 45.5 Å². The Morgan fingerprint density at radius 1 is 1.26 bits per heavy atom. The number of benzene rings is 1. The lowest BCUT2D eigenvalue weighted by Crippen LogP contribution is -2.08. The smallest absolute Gasteiger partial charge is 0.344 e. The minimum atomic E-state index is -0.468. The Kier molecular flexibility index (Phi) is 4.23. The molecule has 0 aliphatic heterocycles. The van der Waals surface area contributed by atoms with E-state index in [1.165, 1.54) is 6.26 Å². The summed E-state index contributed by atoms with van der Waals surface area (Å²) in [4.78, 5) is 16.5. The maximum atomic E-state index is 12.2. The zero-order valence-electron chi connectivity index (χ0n) is 12.9. The van der Waals surface area contributed by atoms with Gasteiger partial charge in [0.05, 0.1) is 5.69 Å². The molecule has 0 radical (unpaired) electrons. The van der Waals surface area contributed by atoms with Gasteiger partial charge in [-0.2, -0.15) is 0 Å². The highest BCUT2D eigenvalue weighted by Gasteiger charge is 2.21. The molecule has 0 bridgehead atoms. The summed E-state index contributed by atoms with van der Waals surface area (Å²) in [5.41, 5.74) is 2.40. The largest absolute Gasteiger partial charge is 0.455 e. The molecule has 2 aromatic heterocycles. The number of aromatic nitrogens is 2. The standard InChI is InChI=1S/C17H16N2O4/c1-3-14-15(11(2)23-19-14)17(20)22-10-13-9-21-16(18-13)12-7-5-4-6-8-12/h4-9H,3,10H2,1-2H3. The van der Waals surface area contributed by atoms with Crippen molar-refractivity contribution in [2.24, 2.45) is 0 Å². The van der Waals surface area contributed by atoms with Crippen LogP contribution in [0.5, 0.6) is 0 Å². The third kappa shape index (κ3) is 3.15. The number of oxazole rings is 1. The first kappa shape index (κ1) is 15.0. The molecule has 0 unspecified atom stereocenters. The summed E-state index contributed by atoms with van der Waals surface area (Å²) in [5.74, 6) is 0.480. The number of hydrogen-bond donors (Lipinski definition) is 0. The van der Waals surface area contributed by atoms with E-state index in [1.54, 1.807) is 6.92 Å². The van der Waals surface area contributed by atoms with E-state index in [9.17, 15) is 4.79 Å². The molecule has 118 valence electrons. The van der Waals surface area contributed by atoms with Gasteiger partial charge in [0, 0.05) is 5.56 Å². The molecule has 0 fully saturated rings. The van der Waals surface area contributed by atoms with Crippen LogP contribution in [-0.2, 0) is 17.8 Å². The van der Waals surface area contributed by atoms with Crippen molar-refractivity contribution < 1.29 is 18.5 Å². The molecule has 6 heteroatoms. The molecule has 1 aromatic carbocycles. The highest BCUT2D eigenvalue weighted by molar-refractivity contribution is 5.91. The summed E-state index contributed by atoms with van der Waals surface area (Å²) >= 11 is 0. The van der Waals surface area contributed by atoms with Crippen molar-refractivity contribution in [2.75, 3.05) is 0 Å². The van der Waals surface area contributed by atoms with Crippen molar-refractivity contribution in [1.82, 2.24) is 10.1 Å². The minimum absolute atomic E-state index is 0.0307. The fourth-order valence-corrected chi connectivity index (χ4v) is 2.22. The van der Waals surface area contributed by atoms with Crippen molar-refractivity contribution in [3.05, 3.63) is 59.3 Å². The fourth-order valence-electron chi connectivity index (χ4n) is 2.22. The van der Waals surface area contributed by atoms with Gasteiger partial charge < -0.3 is 13.7 Å². The minimum Gasteiger partial charge on any atom is -0.455 e. The van der Waals surface area contributed by atoms with E-state index in [4.69, 9.17) is 13.7 Å². The van der Waals surface area contributed by atoms with Gasteiger partial charge >= 0.3 is 5.97 Å². The fraction of sp³-hybridized carbons (Fsp3) is 0.235. The van der Waals surface area contributed by atoms with Crippen LogP contribution in [0.3, 0.4) is 0 Å². The van der Waals surface area contributed by atoms with Crippen LogP contribution in [0.1, 0.15) is 34.4 Å². The summed E-state index contributed by atoms with van der Waals surface area (Å²) < 4.78 is 15.7. The van der Waals surface area contributed by atoms with E-state index in [0.29, 0.717) is 35.0 Å². The Labute approximate surface area is 133 Å². The van der Waals surface area contributed by atoms with Crippen LogP contribution in [0.2, 0.25) is 0 Å². The zero-order valence-corrected chi connectivity index (χ0v) is 12.9. The Balaban J connectivity index is 1.68. The molecule has 2 heterocycles. The Hall–Kier alpha value is -2.89. The van der Waals surface area contributed by atoms with E-state index in [0.717, 1.165) is 5.56 Å². The number of rotatable bonds is 5. The first-order valence-electron chi connectivity index (χ1n) is 7.31. The molecule has 0 atom stereocenters. The van der Waals surface area contributed by atoms with Gasteiger partial charge in [-0.15, -0.1) is 0 Å². The van der Waals surface area contributed by atoms with Crippen molar-refractivity contribution >= 4 is 5.97 Å². The lowest BCUT2D eigenvalue weighted by atomic mass is 10.1. The topological polar surface area (TPSA) is 78.4 Å². The maximum absolute atomic E-state index is 12.2. The summed E-state index contributed by atoms with van der Waals surface area (Å²) in [6.07, 6.45) is 2.08. The van der Waals surface area contributed by atoms with Crippen LogP contribution >= 0.6 is 0 Å². The molecule has 23 heavy (non-hydrogen) atoms. The number of esters is 1. The number of ether oxygens (including phenoxy) is 1. The number of aryl methyl sites for hydroxylation is 2. The van der Waals surface area contributed by atoms with Crippen molar-refractivity contribution in [3.8, 4) is 11.5 Å². The average Bonchev–Trinajstić information content (AvgIpc) is 3.20. The van der Waals surface area contributed by atoms with Crippen LogP contribution in [0, 0.1) is 6.92 Å². The second kappa shape index (κ2) is 6.48. The summed E-state index contributed by atoms with van der Waals surface area (Å²) in [6.45, 7) is 3.62. The number of carbonyl (C=O) groups is 1. The number of carbonyl (C=O) groups excluding carboxylic acids is 1. The Morgan fingerprint density at radius 2 is 2.04 bits per heavy atom. The van der Waals surface area contributed by atoms with Crippen molar-refractivity contribution in [1.29, 1.82) is 0 Å². The van der Waals surface area contributed by atoms with Crippen LogP contribution in [-0.4, -0.2) is 16.1 Å². The van der Waals surface area contributed by atoms with Gasteiger partial charge in [0.15, 0.2) is 0 Å². The quantitative estimate of drug-likeness (QED) is 0.670. The van der Waals surface area contributed by atoms with E-state index >= 15 is 0 Å². The highest BCUT2D eigenvalue weighted by atomic mass is 16.5. The van der Waals surface area contributed by atoms with Crippen LogP contribution < -0.4 is 0 Å². The number of nitrogens with zero attached hydrogens (tertiary/aromatic N) is 2. The van der Waals surface area contributed by atoms with Gasteiger partial charge in [0.25, 0.3) is 0 Å². The molecular weight excluding hydrogens is 296 g/mol. The van der Waals surface area contributed by atoms with Crippen LogP contribution in [0.25, 0.3) is 11.5 Å². The van der Waals surface area contributed by atoms with Crippen molar-refractivity contribution in [2.45, 2.75) is 26.9 Å². The van der Waals surface area contributed by atoms with Gasteiger partial charge in [-0.3, -0.25) is 0 Å². The SMILES string of the molecule is CCc1noc(C)c1C(=O)OCc1coc(-c2ccccc2)n1. The molecule has 6 nitrogen and oxygen atoms in total. The van der Waals surface area contributed by atoms with E-state index in [1.807, 2.05) is 37.3 Å². The summed E-state index contributed by atoms with van der Waals surface area (Å²) in [6, 6.07) is 9.52. The molecule has 0 saturated carbocycles. The molecule has 0 spiro atoms. The molecular formula is C17H16N2O4. The van der Waals surface area contributed by atoms with Crippen LogP contribution in [0.4, 0.5) is 0 Å². The molecule has 0 N–H and O–H groups in total. The maximum Gasteiger partial charge on any atom is 0.344 e. The highest BCUT2D eigenvalue weighted by Crippen LogP contribution is 2.19. The third-order valence-corrected chi connectivity index (χ3v) is 3.40. The molecule has 0 aliphatic rings. The third-order valence-electron chi connectivity index (χ3n) is 3.40. The molecule has 0 amide bonds. The second-order valence-electron chi connectivity index (χ2n) is 5.00. The molecule has 3 rings (SSSR count). The van der Waals surface area contributed by atoms with Gasteiger partial charge in [-0.1, -0.05) is 30.3 Å². The first-order chi connectivity index (χ1) is 11.2. The summed E-state index contributed by atoms with van der Waals surface area (Å²) in [7, 11) is 0. The van der Waals surface area contributed by atoms with Crippen molar-refractivity contribution in [3.63, 3.8) is 0 Å². The Morgan fingerprint density at radius 3 is 2.78 bits per heavy atom. The van der Waals surface area contributed by atoms with E-state index < -0.39 is 5.97 Å². The average molecular weight is 312 g/mol. The molecule has 0 saturated heterocycles. The van der Waals surface area contributed by atoms with E-state index in [2.05, 4.69) is 10.1 Å². The molecule has 0 aliphatic carbocycles. The predicted octanol–water partition coefficient (Wildman–Crippen LogP) is 3.56. The molecule has 3 aromatic rings.